The molecule has 140 valence electrons. The molecule has 0 bridgehead atoms. The second-order valence-electron chi connectivity index (χ2n) is 6.32. The van der Waals surface area contributed by atoms with Crippen LogP contribution in [0, 0.1) is 5.92 Å². The van der Waals surface area contributed by atoms with Crippen molar-refractivity contribution in [3.8, 4) is 11.5 Å². The minimum Gasteiger partial charge on any atom is -0.497 e. The molecule has 0 aliphatic carbocycles. The van der Waals surface area contributed by atoms with E-state index >= 15 is 0 Å². The molecule has 6 nitrogen and oxygen atoms in total. The first kappa shape index (κ1) is 19.6. The molecule has 2 rings (SSSR count). The maximum absolute atomic E-state index is 12.0. The highest BCUT2D eigenvalue weighted by Gasteiger charge is 2.06. The van der Waals surface area contributed by atoms with Crippen molar-refractivity contribution in [2.24, 2.45) is 5.92 Å². The average Bonchev–Trinajstić information content (AvgIpc) is 2.66. The second-order valence-corrected chi connectivity index (χ2v) is 6.32. The van der Waals surface area contributed by atoms with Gasteiger partial charge in [-0.15, -0.1) is 0 Å². The van der Waals surface area contributed by atoms with Crippen molar-refractivity contribution in [2.45, 2.75) is 20.3 Å². The van der Waals surface area contributed by atoms with Crippen molar-refractivity contribution in [1.29, 1.82) is 0 Å². The van der Waals surface area contributed by atoms with Gasteiger partial charge in [0.25, 0.3) is 5.91 Å². The Morgan fingerprint density at radius 3 is 2.42 bits per heavy atom. The van der Waals surface area contributed by atoms with Gasteiger partial charge in [0, 0.05) is 12.7 Å². The minimum absolute atomic E-state index is 0.0902. The van der Waals surface area contributed by atoms with Crippen molar-refractivity contribution in [3.05, 3.63) is 48.2 Å². The van der Waals surface area contributed by atoms with E-state index in [0.29, 0.717) is 37.0 Å². The number of ether oxygens (including phenoxy) is 2. The molecule has 0 aliphatic rings. The lowest BCUT2D eigenvalue weighted by Crippen LogP contribution is -2.25. The average molecular weight is 357 g/mol. The van der Waals surface area contributed by atoms with Crippen LogP contribution in [-0.2, 0) is 0 Å². The predicted molar refractivity (Wildman–Crippen MR) is 103 cm³/mol. The number of anilines is 1. The van der Waals surface area contributed by atoms with Crippen molar-refractivity contribution in [3.63, 3.8) is 0 Å². The highest BCUT2D eigenvalue weighted by Crippen LogP contribution is 2.16. The highest BCUT2D eigenvalue weighted by molar-refractivity contribution is 5.94. The van der Waals surface area contributed by atoms with Crippen LogP contribution in [0.5, 0.6) is 11.5 Å². The number of aromatic nitrogens is 1. The summed E-state index contributed by atoms with van der Waals surface area (Å²) in [4.78, 5) is 16.3. The normalized spacial score (nSPS) is 10.5. The molecular formula is C20H27N3O3. The van der Waals surface area contributed by atoms with E-state index in [9.17, 15) is 4.79 Å². The zero-order chi connectivity index (χ0) is 18.8. The molecule has 1 aromatic carbocycles. The fourth-order valence-corrected chi connectivity index (χ4v) is 2.23. The van der Waals surface area contributed by atoms with Crippen LogP contribution >= 0.6 is 0 Å². The molecule has 1 aromatic heterocycles. The van der Waals surface area contributed by atoms with E-state index in [4.69, 9.17) is 9.47 Å². The van der Waals surface area contributed by atoms with Gasteiger partial charge < -0.3 is 20.1 Å². The summed E-state index contributed by atoms with van der Waals surface area (Å²) in [5.74, 6) is 2.77. The molecule has 0 radical (unpaired) electrons. The standard InChI is InChI=1S/C20H27N3O3/c1-15(2)10-11-22-20(24)16-4-9-19(23-14-16)21-12-13-26-18-7-5-17(25-3)6-8-18/h4-9,14-15H,10-13H2,1-3H3,(H,21,23)(H,22,24). The Morgan fingerprint density at radius 1 is 1.08 bits per heavy atom. The quantitative estimate of drug-likeness (QED) is 0.638. The van der Waals surface area contributed by atoms with E-state index in [1.165, 1.54) is 0 Å². The van der Waals surface area contributed by atoms with Crippen LogP contribution in [0.15, 0.2) is 42.6 Å². The summed E-state index contributed by atoms with van der Waals surface area (Å²) in [6.45, 7) is 6.06. The smallest absolute Gasteiger partial charge is 0.252 e. The number of pyridine rings is 1. The molecule has 2 aromatic rings. The summed E-state index contributed by atoms with van der Waals surface area (Å²) in [6, 6.07) is 11.0. The summed E-state index contributed by atoms with van der Waals surface area (Å²) in [5.41, 5.74) is 0.564. The Bertz CT molecular complexity index is 670. The van der Waals surface area contributed by atoms with Crippen LogP contribution in [-0.4, -0.2) is 37.7 Å². The maximum Gasteiger partial charge on any atom is 0.252 e. The van der Waals surface area contributed by atoms with Crippen molar-refractivity contribution < 1.29 is 14.3 Å². The van der Waals surface area contributed by atoms with Gasteiger partial charge in [-0.05, 0) is 48.7 Å². The fourth-order valence-electron chi connectivity index (χ4n) is 2.23. The number of nitrogens with zero attached hydrogens (tertiary/aromatic N) is 1. The van der Waals surface area contributed by atoms with Gasteiger partial charge in [0.1, 0.15) is 23.9 Å². The lowest BCUT2D eigenvalue weighted by atomic mass is 10.1. The maximum atomic E-state index is 12.0. The summed E-state index contributed by atoms with van der Waals surface area (Å²) in [5, 5.41) is 6.07. The Kier molecular flexibility index (Phi) is 7.74. The summed E-state index contributed by atoms with van der Waals surface area (Å²) in [6.07, 6.45) is 2.55. The number of benzene rings is 1. The van der Waals surface area contributed by atoms with Crippen molar-refractivity contribution >= 4 is 11.7 Å². The molecule has 26 heavy (non-hydrogen) atoms. The molecule has 6 heteroatoms. The number of amides is 1. The molecule has 0 unspecified atom stereocenters. The molecule has 0 fully saturated rings. The van der Waals surface area contributed by atoms with E-state index in [-0.39, 0.29) is 5.91 Å². The van der Waals surface area contributed by atoms with Crippen LogP contribution in [0.1, 0.15) is 30.6 Å². The number of carbonyl (C=O) groups excluding carboxylic acids is 1. The van der Waals surface area contributed by atoms with Crippen molar-refractivity contribution in [1.82, 2.24) is 10.3 Å². The zero-order valence-electron chi connectivity index (χ0n) is 15.6. The van der Waals surface area contributed by atoms with Gasteiger partial charge in [-0.3, -0.25) is 4.79 Å². The number of hydrogen-bond donors (Lipinski definition) is 2. The van der Waals surface area contributed by atoms with E-state index < -0.39 is 0 Å². The molecule has 0 atom stereocenters. The molecule has 1 heterocycles. The van der Waals surface area contributed by atoms with Crippen LogP contribution in [0.2, 0.25) is 0 Å². The topological polar surface area (TPSA) is 72.5 Å². The van der Waals surface area contributed by atoms with E-state index in [1.54, 1.807) is 25.4 Å². The SMILES string of the molecule is COc1ccc(OCCNc2ccc(C(=O)NCCC(C)C)cn2)cc1. The Morgan fingerprint density at radius 2 is 1.81 bits per heavy atom. The van der Waals surface area contributed by atoms with Gasteiger partial charge in [-0.1, -0.05) is 13.8 Å². The third-order valence-electron chi connectivity index (χ3n) is 3.77. The number of carbonyl (C=O) groups is 1. The van der Waals surface area contributed by atoms with Gasteiger partial charge in [-0.25, -0.2) is 4.98 Å². The molecule has 0 saturated heterocycles. The van der Waals surface area contributed by atoms with Gasteiger partial charge >= 0.3 is 0 Å². The molecular weight excluding hydrogens is 330 g/mol. The van der Waals surface area contributed by atoms with Gasteiger partial charge in [-0.2, -0.15) is 0 Å². The Hall–Kier alpha value is -2.76. The predicted octanol–water partition coefficient (Wildman–Crippen LogP) is 3.36. The second kappa shape index (κ2) is 10.3. The van der Waals surface area contributed by atoms with Crippen LogP contribution in [0.4, 0.5) is 5.82 Å². The molecule has 0 aliphatic heterocycles. The first-order valence-corrected chi connectivity index (χ1v) is 8.83. The largest absolute Gasteiger partial charge is 0.497 e. The summed E-state index contributed by atoms with van der Waals surface area (Å²) >= 11 is 0. The lowest BCUT2D eigenvalue weighted by molar-refractivity contribution is 0.0951. The summed E-state index contributed by atoms with van der Waals surface area (Å²) < 4.78 is 10.7. The van der Waals surface area contributed by atoms with Gasteiger partial charge in [0.05, 0.1) is 19.2 Å². The van der Waals surface area contributed by atoms with E-state index in [1.807, 2.05) is 24.3 Å². The minimum atomic E-state index is -0.0902. The van der Waals surface area contributed by atoms with E-state index in [2.05, 4.69) is 29.5 Å². The number of methoxy groups -OCH3 is 1. The third kappa shape index (κ3) is 6.63. The molecule has 2 N–H and O–H groups in total. The number of rotatable bonds is 10. The lowest BCUT2D eigenvalue weighted by Gasteiger charge is -2.10. The highest BCUT2D eigenvalue weighted by atomic mass is 16.5. The Labute approximate surface area is 154 Å². The first-order valence-electron chi connectivity index (χ1n) is 8.83. The third-order valence-corrected chi connectivity index (χ3v) is 3.77. The fraction of sp³-hybridized carbons (Fsp3) is 0.400. The number of hydrogen-bond acceptors (Lipinski definition) is 5. The van der Waals surface area contributed by atoms with Crippen LogP contribution < -0.4 is 20.1 Å². The molecule has 0 spiro atoms. The summed E-state index contributed by atoms with van der Waals surface area (Å²) in [7, 11) is 1.63. The monoisotopic (exact) mass is 357 g/mol. The zero-order valence-corrected chi connectivity index (χ0v) is 15.6. The molecule has 1 amide bonds. The van der Waals surface area contributed by atoms with Crippen LogP contribution in [0.25, 0.3) is 0 Å². The molecule has 0 saturated carbocycles. The Balaban J connectivity index is 1.70. The first-order chi connectivity index (χ1) is 12.6. The van der Waals surface area contributed by atoms with Gasteiger partial charge in [0.2, 0.25) is 0 Å². The van der Waals surface area contributed by atoms with Gasteiger partial charge in [0.15, 0.2) is 0 Å². The number of nitrogens with one attached hydrogen (secondary N) is 2. The van der Waals surface area contributed by atoms with Crippen molar-refractivity contribution in [2.75, 3.05) is 32.1 Å². The van der Waals surface area contributed by atoms with E-state index in [0.717, 1.165) is 17.9 Å². The van der Waals surface area contributed by atoms with Crippen LogP contribution in [0.3, 0.4) is 0 Å².